The lowest BCUT2D eigenvalue weighted by atomic mass is 10.2. The Hall–Kier alpha value is 0.610. The lowest BCUT2D eigenvalue weighted by Gasteiger charge is -2.18. The number of aliphatic carboxylic acids is 1. The molecule has 1 spiro atoms. The van der Waals surface area contributed by atoms with E-state index in [0.29, 0.717) is 0 Å². The highest BCUT2D eigenvalue weighted by molar-refractivity contribution is 8.93. The molecular weight excluding hydrogens is 274 g/mol. The molecular formula is C7H12BrNO2S2. The van der Waals surface area contributed by atoms with Crippen LogP contribution in [0.2, 0.25) is 0 Å². The summed E-state index contributed by atoms with van der Waals surface area (Å²) in [5.41, 5.74) is 0. The maximum absolute atomic E-state index is 10.7. The first-order valence-electron chi connectivity index (χ1n) is 3.96. The molecule has 0 radical (unpaired) electrons. The van der Waals surface area contributed by atoms with Gasteiger partial charge in [0.2, 0.25) is 0 Å². The van der Waals surface area contributed by atoms with Crippen molar-refractivity contribution in [3.8, 4) is 0 Å². The summed E-state index contributed by atoms with van der Waals surface area (Å²) in [6, 6.07) is -0.317. The van der Waals surface area contributed by atoms with Crippen LogP contribution in [0.15, 0.2) is 0 Å². The Morgan fingerprint density at radius 1 is 1.46 bits per heavy atom. The largest absolute Gasteiger partial charge is 0.480 e. The molecule has 1 atom stereocenters. The van der Waals surface area contributed by atoms with Crippen LogP contribution in [0.4, 0.5) is 0 Å². The summed E-state index contributed by atoms with van der Waals surface area (Å²) in [6.07, 6.45) is 0.775. The van der Waals surface area contributed by atoms with Gasteiger partial charge in [0.15, 0.2) is 0 Å². The second kappa shape index (κ2) is 4.42. The Morgan fingerprint density at radius 2 is 2.08 bits per heavy atom. The van der Waals surface area contributed by atoms with Crippen LogP contribution in [0.3, 0.4) is 0 Å². The Balaban J connectivity index is 0.000000845. The molecule has 6 heteroatoms. The van der Waals surface area contributed by atoms with Gasteiger partial charge < -0.3 is 10.4 Å². The van der Waals surface area contributed by atoms with E-state index >= 15 is 0 Å². The van der Waals surface area contributed by atoms with E-state index in [0.717, 1.165) is 13.0 Å². The molecule has 2 N–H and O–H groups in total. The van der Waals surface area contributed by atoms with Crippen molar-refractivity contribution < 1.29 is 9.90 Å². The van der Waals surface area contributed by atoms with Crippen molar-refractivity contribution in [2.24, 2.45) is 0 Å². The smallest absolute Gasteiger partial charge is 0.320 e. The molecule has 2 saturated heterocycles. The van der Waals surface area contributed by atoms with Crippen molar-refractivity contribution >= 4 is 46.5 Å². The zero-order chi connectivity index (χ0) is 8.60. The lowest BCUT2D eigenvalue weighted by Crippen LogP contribution is -2.30. The summed E-state index contributed by atoms with van der Waals surface area (Å²) in [4.78, 5) is 10.7. The highest BCUT2D eigenvalue weighted by Gasteiger charge is 2.44. The van der Waals surface area contributed by atoms with Gasteiger partial charge in [0, 0.05) is 18.1 Å². The number of hydrogen-bond donors (Lipinski definition) is 2. The van der Waals surface area contributed by atoms with Gasteiger partial charge in [-0.3, -0.25) is 4.79 Å². The third-order valence-electron chi connectivity index (χ3n) is 2.24. The minimum Gasteiger partial charge on any atom is -0.480 e. The second-order valence-corrected chi connectivity index (χ2v) is 6.30. The SMILES string of the molecule is Br.O=C(O)C1CC2(CN1)SCCS2. The highest BCUT2D eigenvalue weighted by atomic mass is 79.9. The van der Waals surface area contributed by atoms with E-state index in [-0.39, 0.29) is 27.1 Å². The Morgan fingerprint density at radius 3 is 2.54 bits per heavy atom. The van der Waals surface area contributed by atoms with E-state index in [9.17, 15) is 4.79 Å². The minimum absolute atomic E-state index is 0. The lowest BCUT2D eigenvalue weighted by molar-refractivity contribution is -0.139. The molecule has 0 aromatic rings. The van der Waals surface area contributed by atoms with Crippen LogP contribution in [0.5, 0.6) is 0 Å². The third kappa shape index (κ3) is 2.34. The fraction of sp³-hybridized carbons (Fsp3) is 0.857. The highest BCUT2D eigenvalue weighted by Crippen LogP contribution is 2.48. The fourth-order valence-corrected chi connectivity index (χ4v) is 4.81. The van der Waals surface area contributed by atoms with E-state index in [1.165, 1.54) is 11.5 Å². The van der Waals surface area contributed by atoms with Gasteiger partial charge in [-0.05, 0) is 6.42 Å². The first-order valence-corrected chi connectivity index (χ1v) is 5.93. The Kier molecular flexibility index (Phi) is 3.97. The monoisotopic (exact) mass is 285 g/mol. The van der Waals surface area contributed by atoms with Crippen molar-refractivity contribution in [3.05, 3.63) is 0 Å². The third-order valence-corrected chi connectivity index (χ3v) is 5.70. The van der Waals surface area contributed by atoms with Gasteiger partial charge in [-0.25, -0.2) is 0 Å². The van der Waals surface area contributed by atoms with Crippen LogP contribution in [-0.4, -0.2) is 39.2 Å². The fourth-order valence-electron chi connectivity index (χ4n) is 1.63. The van der Waals surface area contributed by atoms with Crippen LogP contribution in [0.1, 0.15) is 6.42 Å². The van der Waals surface area contributed by atoms with Gasteiger partial charge in [-0.15, -0.1) is 40.5 Å². The molecule has 0 aromatic heterocycles. The molecule has 13 heavy (non-hydrogen) atoms. The van der Waals surface area contributed by atoms with E-state index in [1.54, 1.807) is 0 Å². The molecule has 1 unspecified atom stereocenters. The summed E-state index contributed by atoms with van der Waals surface area (Å²) in [5.74, 6) is 1.62. The van der Waals surface area contributed by atoms with Gasteiger partial charge in [0.25, 0.3) is 0 Å². The summed E-state index contributed by atoms with van der Waals surface area (Å²) >= 11 is 3.82. The summed E-state index contributed by atoms with van der Waals surface area (Å²) < 4.78 is 0.184. The molecule has 2 aliphatic heterocycles. The molecule has 0 bridgehead atoms. The quantitative estimate of drug-likeness (QED) is 0.758. The van der Waals surface area contributed by atoms with Gasteiger partial charge in [0.1, 0.15) is 6.04 Å². The topological polar surface area (TPSA) is 49.3 Å². The number of carboxylic acid groups (broad SMARTS) is 1. The number of carboxylic acids is 1. The number of rotatable bonds is 1. The van der Waals surface area contributed by atoms with E-state index in [2.05, 4.69) is 5.32 Å². The predicted molar refractivity (Wildman–Crippen MR) is 62.0 cm³/mol. The van der Waals surface area contributed by atoms with Gasteiger partial charge in [0.05, 0.1) is 4.08 Å². The zero-order valence-corrected chi connectivity index (χ0v) is 10.3. The van der Waals surface area contributed by atoms with Gasteiger partial charge >= 0.3 is 5.97 Å². The maximum atomic E-state index is 10.7. The molecule has 0 aromatic carbocycles. The van der Waals surface area contributed by atoms with Crippen LogP contribution in [-0.2, 0) is 4.79 Å². The summed E-state index contributed by atoms with van der Waals surface area (Å²) in [7, 11) is 0. The Labute approximate surface area is 96.2 Å². The molecule has 0 saturated carbocycles. The number of hydrogen-bond acceptors (Lipinski definition) is 4. The van der Waals surface area contributed by atoms with Gasteiger partial charge in [-0.1, -0.05) is 0 Å². The van der Waals surface area contributed by atoms with Crippen molar-refractivity contribution in [1.29, 1.82) is 0 Å². The molecule has 0 aliphatic carbocycles. The molecule has 2 heterocycles. The molecule has 3 nitrogen and oxygen atoms in total. The summed E-state index contributed by atoms with van der Waals surface area (Å²) in [6.45, 7) is 0.847. The molecule has 0 amide bonds. The normalized spacial score (nSPS) is 30.3. The van der Waals surface area contributed by atoms with Crippen molar-refractivity contribution in [1.82, 2.24) is 5.32 Å². The van der Waals surface area contributed by atoms with Crippen LogP contribution in [0, 0.1) is 0 Å². The van der Waals surface area contributed by atoms with E-state index in [1.807, 2.05) is 23.5 Å². The van der Waals surface area contributed by atoms with E-state index in [4.69, 9.17) is 5.11 Å². The number of carbonyl (C=O) groups is 1. The van der Waals surface area contributed by atoms with Crippen molar-refractivity contribution in [2.45, 2.75) is 16.5 Å². The van der Waals surface area contributed by atoms with Crippen LogP contribution >= 0.6 is 40.5 Å². The number of thioether (sulfide) groups is 2. The maximum Gasteiger partial charge on any atom is 0.320 e. The predicted octanol–water partition coefficient (Wildman–Crippen LogP) is 1.19. The van der Waals surface area contributed by atoms with Gasteiger partial charge in [-0.2, -0.15) is 0 Å². The van der Waals surface area contributed by atoms with Crippen molar-refractivity contribution in [3.63, 3.8) is 0 Å². The minimum atomic E-state index is -0.708. The first-order chi connectivity index (χ1) is 5.72. The first kappa shape index (κ1) is 11.7. The van der Waals surface area contributed by atoms with Crippen LogP contribution in [0.25, 0.3) is 0 Å². The molecule has 2 rings (SSSR count). The number of nitrogens with one attached hydrogen (secondary N) is 1. The molecule has 76 valence electrons. The standard InChI is InChI=1S/C7H11NO2S2.BrH/c9-6(10)5-3-7(4-8-5)11-1-2-12-7;/h5,8H,1-4H2,(H,9,10);1H. The van der Waals surface area contributed by atoms with Crippen molar-refractivity contribution in [2.75, 3.05) is 18.1 Å². The average molecular weight is 286 g/mol. The number of halogens is 1. The average Bonchev–Trinajstić information content (AvgIpc) is 2.62. The van der Waals surface area contributed by atoms with Crippen LogP contribution < -0.4 is 5.32 Å². The molecule has 2 fully saturated rings. The Bertz CT molecular complexity index is 209. The van der Waals surface area contributed by atoms with E-state index < -0.39 is 5.97 Å². The summed E-state index contributed by atoms with van der Waals surface area (Å²) in [5, 5.41) is 11.8. The molecule has 2 aliphatic rings. The zero-order valence-electron chi connectivity index (χ0n) is 6.99. The second-order valence-electron chi connectivity index (χ2n) is 3.08.